The summed E-state index contributed by atoms with van der Waals surface area (Å²) in [7, 11) is 1.69. The molecule has 5 heteroatoms. The van der Waals surface area contributed by atoms with Crippen LogP contribution >= 0.6 is 0 Å². The molecule has 3 unspecified atom stereocenters. The monoisotopic (exact) mass is 303 g/mol. The number of rotatable bonds is 2. The Morgan fingerprint density at radius 1 is 1.36 bits per heavy atom. The Balaban J connectivity index is 1.98. The number of fused-ring (bicyclic) bond motifs is 1. The molecule has 0 spiro atoms. The minimum atomic E-state index is -0.0136. The molecule has 22 heavy (non-hydrogen) atoms. The molecule has 0 aromatic heterocycles. The van der Waals surface area contributed by atoms with Crippen LogP contribution < -0.4 is 5.32 Å². The number of hydrogen-bond donors (Lipinski definition) is 2. The van der Waals surface area contributed by atoms with E-state index in [1.807, 2.05) is 17.0 Å². The molecule has 0 bridgehead atoms. The maximum Gasteiger partial charge on any atom is 0.317 e. The van der Waals surface area contributed by atoms with E-state index >= 15 is 0 Å². The Morgan fingerprint density at radius 3 is 2.82 bits per heavy atom. The lowest BCUT2D eigenvalue weighted by Gasteiger charge is -2.45. The van der Waals surface area contributed by atoms with E-state index < -0.39 is 0 Å². The second-order valence-electron chi connectivity index (χ2n) is 6.40. The topological polar surface area (TPSA) is 55.8 Å². The van der Waals surface area contributed by atoms with E-state index in [9.17, 15) is 9.90 Å². The molecule has 0 aliphatic carbocycles. The van der Waals surface area contributed by atoms with Crippen molar-refractivity contribution >= 4 is 6.03 Å². The third-order valence-corrected chi connectivity index (χ3v) is 5.10. The molecule has 3 rings (SSSR count). The number of benzene rings is 1. The van der Waals surface area contributed by atoms with Crippen molar-refractivity contribution in [2.75, 3.05) is 33.3 Å². The van der Waals surface area contributed by atoms with Gasteiger partial charge in [-0.3, -0.25) is 4.90 Å². The van der Waals surface area contributed by atoms with Gasteiger partial charge < -0.3 is 15.3 Å². The van der Waals surface area contributed by atoms with Crippen molar-refractivity contribution < 1.29 is 9.90 Å². The van der Waals surface area contributed by atoms with Gasteiger partial charge in [-0.05, 0) is 30.4 Å². The number of piperazine rings is 1. The standard InChI is InChI=1S/C17H25N3O2/c1-12-5-3-4-6-14(12)16-15-9-13(11-21)10-19(15)7-8-20(16)17(22)18-2/h3-6,13,15-16,21H,7-11H2,1-2H3,(H,18,22). The van der Waals surface area contributed by atoms with Crippen LogP contribution in [-0.2, 0) is 0 Å². The Hall–Kier alpha value is -1.59. The summed E-state index contributed by atoms with van der Waals surface area (Å²) in [6.45, 7) is 4.89. The fourth-order valence-corrected chi connectivity index (χ4v) is 4.00. The summed E-state index contributed by atoms with van der Waals surface area (Å²) >= 11 is 0. The molecule has 2 N–H and O–H groups in total. The molecule has 5 nitrogen and oxygen atoms in total. The number of nitrogens with one attached hydrogen (secondary N) is 1. The molecule has 3 atom stereocenters. The van der Waals surface area contributed by atoms with Gasteiger partial charge in [0.25, 0.3) is 0 Å². The van der Waals surface area contributed by atoms with E-state index in [2.05, 4.69) is 29.3 Å². The van der Waals surface area contributed by atoms with Gasteiger partial charge in [-0.15, -0.1) is 0 Å². The number of nitrogens with zero attached hydrogens (tertiary/aromatic N) is 2. The van der Waals surface area contributed by atoms with E-state index in [0.29, 0.717) is 12.0 Å². The molecule has 120 valence electrons. The Morgan fingerprint density at radius 2 is 2.14 bits per heavy atom. The van der Waals surface area contributed by atoms with Crippen LogP contribution in [0, 0.1) is 12.8 Å². The lowest BCUT2D eigenvalue weighted by Crippen LogP contribution is -2.56. The molecule has 2 fully saturated rings. The first kappa shape index (κ1) is 15.3. The second kappa shape index (κ2) is 6.26. The first-order chi connectivity index (χ1) is 10.7. The fourth-order valence-electron chi connectivity index (χ4n) is 4.00. The number of urea groups is 1. The highest BCUT2D eigenvalue weighted by molar-refractivity contribution is 5.74. The summed E-state index contributed by atoms with van der Waals surface area (Å²) in [5.41, 5.74) is 2.44. The second-order valence-corrected chi connectivity index (χ2v) is 6.40. The number of carbonyl (C=O) groups is 1. The van der Waals surface area contributed by atoms with Gasteiger partial charge in [-0.1, -0.05) is 24.3 Å². The quantitative estimate of drug-likeness (QED) is 0.868. The largest absolute Gasteiger partial charge is 0.396 e. The number of aliphatic hydroxyl groups excluding tert-OH is 1. The molecule has 2 saturated heterocycles. The zero-order valence-corrected chi connectivity index (χ0v) is 13.3. The van der Waals surface area contributed by atoms with E-state index in [4.69, 9.17) is 0 Å². The van der Waals surface area contributed by atoms with Crippen molar-refractivity contribution in [2.24, 2.45) is 5.92 Å². The van der Waals surface area contributed by atoms with Gasteiger partial charge in [0, 0.05) is 39.3 Å². The van der Waals surface area contributed by atoms with Crippen molar-refractivity contribution in [1.82, 2.24) is 15.1 Å². The average molecular weight is 303 g/mol. The Kier molecular flexibility index (Phi) is 4.36. The number of aliphatic hydroxyl groups is 1. The predicted octanol–water partition coefficient (Wildman–Crippen LogP) is 1.37. The lowest BCUT2D eigenvalue weighted by atomic mass is 9.89. The zero-order valence-electron chi connectivity index (χ0n) is 13.3. The van der Waals surface area contributed by atoms with Crippen molar-refractivity contribution in [2.45, 2.75) is 25.4 Å². The number of aryl methyl sites for hydroxylation is 1. The van der Waals surface area contributed by atoms with E-state index in [0.717, 1.165) is 26.1 Å². The zero-order chi connectivity index (χ0) is 15.7. The minimum Gasteiger partial charge on any atom is -0.396 e. The predicted molar refractivity (Wildman–Crippen MR) is 85.6 cm³/mol. The summed E-state index contributed by atoms with van der Waals surface area (Å²) in [5, 5.41) is 12.3. The van der Waals surface area contributed by atoms with Gasteiger partial charge in [0.15, 0.2) is 0 Å². The fraction of sp³-hybridized carbons (Fsp3) is 0.588. The summed E-state index contributed by atoms with van der Waals surface area (Å²) in [5.74, 6) is 0.321. The van der Waals surface area contributed by atoms with Crippen molar-refractivity contribution in [3.05, 3.63) is 35.4 Å². The Bertz CT molecular complexity index is 548. The van der Waals surface area contributed by atoms with Crippen LogP contribution in [0.25, 0.3) is 0 Å². The summed E-state index contributed by atoms with van der Waals surface area (Å²) < 4.78 is 0. The molecule has 0 saturated carbocycles. The summed E-state index contributed by atoms with van der Waals surface area (Å²) in [6, 6.07) is 8.66. The lowest BCUT2D eigenvalue weighted by molar-refractivity contribution is 0.0650. The smallest absolute Gasteiger partial charge is 0.317 e. The van der Waals surface area contributed by atoms with Crippen LogP contribution in [0.15, 0.2) is 24.3 Å². The summed E-state index contributed by atoms with van der Waals surface area (Å²) in [6.07, 6.45) is 0.947. The van der Waals surface area contributed by atoms with Gasteiger partial charge in [-0.2, -0.15) is 0 Å². The Labute approximate surface area is 131 Å². The average Bonchev–Trinajstić information content (AvgIpc) is 2.97. The van der Waals surface area contributed by atoms with E-state index in [1.165, 1.54) is 11.1 Å². The van der Waals surface area contributed by atoms with Crippen LogP contribution in [0.3, 0.4) is 0 Å². The normalized spacial score (nSPS) is 28.5. The van der Waals surface area contributed by atoms with Crippen LogP contribution in [0.5, 0.6) is 0 Å². The minimum absolute atomic E-state index is 0.0136. The first-order valence-corrected chi connectivity index (χ1v) is 8.04. The van der Waals surface area contributed by atoms with Gasteiger partial charge in [0.05, 0.1) is 6.04 Å². The highest BCUT2D eigenvalue weighted by atomic mass is 16.3. The van der Waals surface area contributed by atoms with Crippen molar-refractivity contribution in [3.63, 3.8) is 0 Å². The molecule has 2 aliphatic rings. The van der Waals surface area contributed by atoms with Crippen LogP contribution in [0.1, 0.15) is 23.6 Å². The molecular formula is C17H25N3O2. The molecule has 1 aromatic rings. The van der Waals surface area contributed by atoms with Gasteiger partial charge in [0.1, 0.15) is 0 Å². The van der Waals surface area contributed by atoms with E-state index in [-0.39, 0.29) is 18.7 Å². The molecule has 2 aliphatic heterocycles. The highest BCUT2D eigenvalue weighted by Gasteiger charge is 2.44. The van der Waals surface area contributed by atoms with Gasteiger partial charge in [-0.25, -0.2) is 4.79 Å². The molecule has 0 radical (unpaired) electrons. The first-order valence-electron chi connectivity index (χ1n) is 8.04. The molecule has 1 aromatic carbocycles. The number of hydrogen-bond acceptors (Lipinski definition) is 3. The molecule has 2 heterocycles. The van der Waals surface area contributed by atoms with Crippen LogP contribution in [0.4, 0.5) is 4.79 Å². The van der Waals surface area contributed by atoms with Crippen molar-refractivity contribution in [3.8, 4) is 0 Å². The molecule has 2 amide bonds. The maximum atomic E-state index is 12.3. The van der Waals surface area contributed by atoms with Crippen LogP contribution in [0.2, 0.25) is 0 Å². The van der Waals surface area contributed by atoms with Crippen LogP contribution in [-0.4, -0.2) is 60.3 Å². The summed E-state index contributed by atoms with van der Waals surface area (Å²) in [4.78, 5) is 16.8. The molecular weight excluding hydrogens is 278 g/mol. The third-order valence-electron chi connectivity index (χ3n) is 5.10. The van der Waals surface area contributed by atoms with E-state index in [1.54, 1.807) is 7.05 Å². The number of amides is 2. The SMILES string of the molecule is CNC(=O)N1CCN2CC(CO)CC2C1c1ccccc1C. The number of carbonyl (C=O) groups excluding carboxylic acids is 1. The maximum absolute atomic E-state index is 12.3. The van der Waals surface area contributed by atoms with Gasteiger partial charge >= 0.3 is 6.03 Å². The van der Waals surface area contributed by atoms with Gasteiger partial charge in [0.2, 0.25) is 0 Å². The third kappa shape index (κ3) is 2.59. The van der Waals surface area contributed by atoms with Crippen molar-refractivity contribution in [1.29, 1.82) is 0 Å². The highest BCUT2D eigenvalue weighted by Crippen LogP contribution is 2.39.